The zero-order valence-electron chi connectivity index (χ0n) is 11.2. The van der Waals surface area contributed by atoms with Crippen LogP contribution in [0.5, 0.6) is 0 Å². The van der Waals surface area contributed by atoms with E-state index in [0.29, 0.717) is 5.39 Å². The number of rotatable bonds is 2. The molecular weight excluding hydrogens is 264 g/mol. The van der Waals surface area contributed by atoms with Gasteiger partial charge in [0.15, 0.2) is 0 Å². The minimum Gasteiger partial charge on any atom is -0.306 e. The number of aromatic nitrogens is 4. The molecule has 0 unspecified atom stereocenters. The first kappa shape index (κ1) is 11.8. The molecule has 0 aliphatic heterocycles. The number of benzene rings is 1. The van der Waals surface area contributed by atoms with Crippen molar-refractivity contribution in [1.82, 2.24) is 19.6 Å². The predicted octanol–water partition coefficient (Wildman–Crippen LogP) is 2.16. The number of nitrogens with one attached hydrogen (secondary N) is 1. The van der Waals surface area contributed by atoms with E-state index in [0.717, 1.165) is 23.1 Å². The van der Waals surface area contributed by atoms with Gasteiger partial charge >= 0.3 is 0 Å². The maximum absolute atomic E-state index is 12.2. The van der Waals surface area contributed by atoms with Gasteiger partial charge in [0.25, 0.3) is 5.56 Å². The van der Waals surface area contributed by atoms with Crippen LogP contribution in [0.2, 0.25) is 0 Å². The zero-order valence-corrected chi connectivity index (χ0v) is 11.2. The second-order valence-corrected chi connectivity index (χ2v) is 4.94. The summed E-state index contributed by atoms with van der Waals surface area (Å²) < 4.78 is 1.74. The highest BCUT2D eigenvalue weighted by molar-refractivity contribution is 5.79. The van der Waals surface area contributed by atoms with Crippen molar-refractivity contribution in [1.29, 1.82) is 0 Å². The maximum Gasteiger partial charge on any atom is 0.259 e. The van der Waals surface area contributed by atoms with Gasteiger partial charge in [0.05, 0.1) is 23.3 Å². The van der Waals surface area contributed by atoms with Crippen LogP contribution in [0.1, 0.15) is 11.1 Å². The molecule has 0 atom stereocenters. The van der Waals surface area contributed by atoms with Gasteiger partial charge in [-0.2, -0.15) is 5.10 Å². The third-order valence-corrected chi connectivity index (χ3v) is 3.59. The van der Waals surface area contributed by atoms with Crippen LogP contribution in [0, 0.1) is 0 Å². The summed E-state index contributed by atoms with van der Waals surface area (Å²) in [6.07, 6.45) is 5.80. The molecule has 4 rings (SSSR count). The molecule has 0 aliphatic rings. The van der Waals surface area contributed by atoms with Crippen molar-refractivity contribution in [3.63, 3.8) is 0 Å². The average Bonchev–Trinajstić information content (AvgIpc) is 2.92. The van der Waals surface area contributed by atoms with E-state index < -0.39 is 0 Å². The van der Waals surface area contributed by atoms with E-state index in [1.165, 1.54) is 5.56 Å². The first-order valence-corrected chi connectivity index (χ1v) is 6.69. The summed E-state index contributed by atoms with van der Waals surface area (Å²) in [5.41, 5.74) is 3.50. The fourth-order valence-corrected chi connectivity index (χ4v) is 2.57. The highest BCUT2D eigenvalue weighted by atomic mass is 16.1. The fraction of sp³-hybridized carbons (Fsp3) is 0.0625. The van der Waals surface area contributed by atoms with Crippen LogP contribution in [-0.4, -0.2) is 19.6 Å². The first-order chi connectivity index (χ1) is 10.3. The Bertz CT molecular complexity index is 985. The quantitative estimate of drug-likeness (QED) is 0.610. The molecule has 0 aliphatic carbocycles. The summed E-state index contributed by atoms with van der Waals surface area (Å²) >= 11 is 0. The minimum absolute atomic E-state index is 0.116. The lowest BCUT2D eigenvalue weighted by molar-refractivity contribution is 0.972. The monoisotopic (exact) mass is 276 g/mol. The molecule has 0 spiro atoms. The van der Waals surface area contributed by atoms with Gasteiger partial charge < -0.3 is 4.98 Å². The van der Waals surface area contributed by atoms with Gasteiger partial charge in [-0.25, -0.2) is 4.52 Å². The van der Waals surface area contributed by atoms with Crippen LogP contribution in [0.15, 0.2) is 59.8 Å². The van der Waals surface area contributed by atoms with Crippen molar-refractivity contribution in [2.75, 3.05) is 0 Å². The van der Waals surface area contributed by atoms with Crippen LogP contribution in [-0.2, 0) is 6.42 Å². The molecule has 3 aromatic heterocycles. The number of aromatic amines is 1. The summed E-state index contributed by atoms with van der Waals surface area (Å²) in [5.74, 6) is 0. The van der Waals surface area contributed by atoms with Gasteiger partial charge in [0.2, 0.25) is 0 Å². The Morgan fingerprint density at radius 3 is 2.81 bits per heavy atom. The number of fused-ring (bicyclic) bond motifs is 3. The predicted molar refractivity (Wildman–Crippen MR) is 80.4 cm³/mol. The Morgan fingerprint density at radius 2 is 1.95 bits per heavy atom. The van der Waals surface area contributed by atoms with Crippen LogP contribution in [0.4, 0.5) is 0 Å². The standard InChI is InChI=1S/C16H12N4O/c21-16-13-6-7-17-10-14(13)20-15(19-16)12(9-18-20)8-11-4-2-1-3-5-11/h1-7,9-10H,8H2,(H,19,21). The Morgan fingerprint density at radius 1 is 1.10 bits per heavy atom. The molecule has 1 aromatic carbocycles. The molecule has 0 fully saturated rings. The lowest BCUT2D eigenvalue weighted by Crippen LogP contribution is -2.10. The summed E-state index contributed by atoms with van der Waals surface area (Å²) in [4.78, 5) is 19.2. The van der Waals surface area contributed by atoms with Crippen molar-refractivity contribution in [3.05, 3.63) is 76.5 Å². The summed E-state index contributed by atoms with van der Waals surface area (Å²) in [6, 6.07) is 11.8. The van der Waals surface area contributed by atoms with E-state index in [1.54, 1.807) is 29.2 Å². The van der Waals surface area contributed by atoms with E-state index in [-0.39, 0.29) is 5.56 Å². The third-order valence-electron chi connectivity index (χ3n) is 3.59. The second-order valence-electron chi connectivity index (χ2n) is 4.94. The van der Waals surface area contributed by atoms with Gasteiger partial charge in [-0.1, -0.05) is 30.3 Å². The van der Waals surface area contributed by atoms with E-state index in [4.69, 9.17) is 0 Å². The van der Waals surface area contributed by atoms with Crippen molar-refractivity contribution in [2.45, 2.75) is 6.42 Å². The third kappa shape index (κ3) is 1.90. The number of hydrogen-bond donors (Lipinski definition) is 1. The molecule has 4 aromatic rings. The average molecular weight is 276 g/mol. The molecule has 1 N–H and O–H groups in total. The number of H-pyrrole nitrogens is 1. The minimum atomic E-state index is -0.116. The van der Waals surface area contributed by atoms with Crippen molar-refractivity contribution in [2.24, 2.45) is 0 Å². The molecule has 3 heterocycles. The molecule has 0 bridgehead atoms. The molecule has 0 saturated heterocycles. The first-order valence-electron chi connectivity index (χ1n) is 6.69. The number of pyridine rings is 1. The van der Waals surface area contributed by atoms with Crippen molar-refractivity contribution >= 4 is 16.6 Å². The second kappa shape index (κ2) is 4.56. The van der Waals surface area contributed by atoms with Gasteiger partial charge in [-0.3, -0.25) is 9.78 Å². The highest BCUT2D eigenvalue weighted by Crippen LogP contribution is 2.16. The SMILES string of the molecule is O=c1[nH]c2c(Cc3ccccc3)cnn2c2cnccc12. The lowest BCUT2D eigenvalue weighted by atomic mass is 10.1. The van der Waals surface area contributed by atoms with E-state index in [9.17, 15) is 4.79 Å². The number of hydrogen-bond acceptors (Lipinski definition) is 3. The smallest absolute Gasteiger partial charge is 0.259 e. The summed E-state index contributed by atoms with van der Waals surface area (Å²) in [7, 11) is 0. The molecule has 0 saturated carbocycles. The van der Waals surface area contributed by atoms with E-state index >= 15 is 0 Å². The van der Waals surface area contributed by atoms with E-state index in [2.05, 4.69) is 27.2 Å². The summed E-state index contributed by atoms with van der Waals surface area (Å²) in [5, 5.41) is 4.98. The number of nitrogens with zero attached hydrogens (tertiary/aromatic N) is 3. The van der Waals surface area contributed by atoms with Gasteiger partial charge in [0.1, 0.15) is 5.65 Å². The van der Waals surface area contributed by atoms with Crippen LogP contribution >= 0.6 is 0 Å². The highest BCUT2D eigenvalue weighted by Gasteiger charge is 2.10. The Kier molecular flexibility index (Phi) is 2.57. The van der Waals surface area contributed by atoms with Crippen LogP contribution in [0.25, 0.3) is 16.6 Å². The van der Waals surface area contributed by atoms with Gasteiger partial charge in [-0.05, 0) is 11.6 Å². The fourth-order valence-electron chi connectivity index (χ4n) is 2.57. The van der Waals surface area contributed by atoms with Crippen molar-refractivity contribution < 1.29 is 0 Å². The molecule has 0 radical (unpaired) electrons. The molecule has 21 heavy (non-hydrogen) atoms. The van der Waals surface area contributed by atoms with Gasteiger partial charge in [0, 0.05) is 18.2 Å². The molecular formula is C16H12N4O. The zero-order chi connectivity index (χ0) is 14.2. The molecule has 5 nitrogen and oxygen atoms in total. The van der Waals surface area contributed by atoms with Crippen LogP contribution in [0.3, 0.4) is 0 Å². The maximum atomic E-state index is 12.2. The Labute approximate surface area is 119 Å². The van der Waals surface area contributed by atoms with Crippen molar-refractivity contribution in [3.8, 4) is 0 Å². The van der Waals surface area contributed by atoms with Gasteiger partial charge in [-0.15, -0.1) is 0 Å². The Hall–Kier alpha value is -2.95. The van der Waals surface area contributed by atoms with E-state index in [1.807, 2.05) is 18.2 Å². The largest absolute Gasteiger partial charge is 0.306 e. The topological polar surface area (TPSA) is 63.0 Å². The summed E-state index contributed by atoms with van der Waals surface area (Å²) in [6.45, 7) is 0. The van der Waals surface area contributed by atoms with Crippen LogP contribution < -0.4 is 5.56 Å². The molecule has 0 amide bonds. The molecule has 102 valence electrons. The molecule has 5 heteroatoms. The lowest BCUT2D eigenvalue weighted by Gasteiger charge is -2.02. The normalized spacial score (nSPS) is 11.2. The Balaban J connectivity index is 1.94.